The molecule has 0 heterocycles. The molecule has 0 unspecified atom stereocenters. The minimum atomic E-state index is -0.493. The molecule has 0 aliphatic heterocycles. The van der Waals surface area contributed by atoms with Gasteiger partial charge in [0.05, 0.1) is 18.8 Å². The fourth-order valence-corrected chi connectivity index (χ4v) is 1.50. The second-order valence-corrected chi connectivity index (χ2v) is 3.92. The van der Waals surface area contributed by atoms with Crippen molar-refractivity contribution in [3.05, 3.63) is 35.1 Å². The Morgan fingerprint density at radius 2 is 2.30 bits per heavy atom. The highest BCUT2D eigenvalue weighted by molar-refractivity contribution is 5.96. The quantitative estimate of drug-likeness (QED) is 0.610. The molecule has 4 nitrogen and oxygen atoms in total. The van der Waals surface area contributed by atoms with Gasteiger partial charge in [-0.15, -0.1) is 0 Å². The summed E-state index contributed by atoms with van der Waals surface area (Å²) < 4.78 is 18.4. The normalized spacial score (nSPS) is 9.75. The lowest BCUT2D eigenvalue weighted by atomic mass is 10.1. The standard InChI is InChI=1S/C15H18FNO3/c1-2-20-10-8-17-15(19)14-11-13(16)7-6-12(14)5-3-4-9-18/h6-7,11,18H,2,4,8-10H2,1H3,(H,17,19). The molecule has 0 aromatic heterocycles. The minimum absolute atomic E-state index is 0.0515. The average molecular weight is 279 g/mol. The summed E-state index contributed by atoms with van der Waals surface area (Å²) in [6.45, 7) is 3.15. The van der Waals surface area contributed by atoms with Crippen LogP contribution in [-0.2, 0) is 4.74 Å². The number of benzene rings is 1. The highest BCUT2D eigenvalue weighted by Crippen LogP contribution is 2.10. The van der Waals surface area contributed by atoms with Crippen molar-refractivity contribution >= 4 is 5.91 Å². The van der Waals surface area contributed by atoms with E-state index < -0.39 is 11.7 Å². The third-order valence-corrected chi connectivity index (χ3v) is 2.42. The van der Waals surface area contributed by atoms with Crippen LogP contribution in [0.15, 0.2) is 18.2 Å². The number of ether oxygens (including phenoxy) is 1. The summed E-state index contributed by atoms with van der Waals surface area (Å²) in [5, 5.41) is 11.3. The van der Waals surface area contributed by atoms with Crippen LogP contribution in [0.2, 0.25) is 0 Å². The molecule has 0 saturated carbocycles. The van der Waals surface area contributed by atoms with E-state index in [1.54, 1.807) is 0 Å². The Kier molecular flexibility index (Phi) is 7.33. The summed E-state index contributed by atoms with van der Waals surface area (Å²) in [5.74, 6) is 4.59. The molecule has 0 radical (unpaired) electrons. The van der Waals surface area contributed by atoms with E-state index in [2.05, 4.69) is 17.2 Å². The highest BCUT2D eigenvalue weighted by atomic mass is 19.1. The van der Waals surface area contributed by atoms with Gasteiger partial charge in [-0.3, -0.25) is 4.79 Å². The van der Waals surface area contributed by atoms with E-state index in [1.807, 2.05) is 6.92 Å². The summed E-state index contributed by atoms with van der Waals surface area (Å²) in [5.41, 5.74) is 0.626. The van der Waals surface area contributed by atoms with Crippen molar-refractivity contribution in [3.63, 3.8) is 0 Å². The predicted octanol–water partition coefficient (Wildman–Crippen LogP) is 1.33. The van der Waals surface area contributed by atoms with Crippen LogP contribution in [0.25, 0.3) is 0 Å². The maximum Gasteiger partial charge on any atom is 0.252 e. The highest BCUT2D eigenvalue weighted by Gasteiger charge is 2.11. The number of carbonyl (C=O) groups is 1. The van der Waals surface area contributed by atoms with Gasteiger partial charge in [0.2, 0.25) is 0 Å². The van der Waals surface area contributed by atoms with Gasteiger partial charge >= 0.3 is 0 Å². The van der Waals surface area contributed by atoms with E-state index >= 15 is 0 Å². The van der Waals surface area contributed by atoms with Gasteiger partial charge in [-0.1, -0.05) is 11.8 Å². The summed E-state index contributed by atoms with van der Waals surface area (Å²) in [6.07, 6.45) is 0.308. The number of halogens is 1. The zero-order valence-corrected chi connectivity index (χ0v) is 11.4. The van der Waals surface area contributed by atoms with Gasteiger partial charge in [-0.25, -0.2) is 4.39 Å². The van der Waals surface area contributed by atoms with Crippen molar-refractivity contribution in [1.29, 1.82) is 0 Å². The van der Waals surface area contributed by atoms with Crippen LogP contribution < -0.4 is 5.32 Å². The van der Waals surface area contributed by atoms with Crippen LogP contribution in [0.5, 0.6) is 0 Å². The molecule has 2 N–H and O–H groups in total. The van der Waals surface area contributed by atoms with E-state index in [0.29, 0.717) is 31.7 Å². The fourth-order valence-electron chi connectivity index (χ4n) is 1.50. The number of aliphatic hydroxyl groups is 1. The van der Waals surface area contributed by atoms with E-state index in [0.717, 1.165) is 6.07 Å². The molecule has 1 aromatic carbocycles. The zero-order chi connectivity index (χ0) is 14.8. The summed E-state index contributed by atoms with van der Waals surface area (Å²) >= 11 is 0. The molecule has 0 bridgehead atoms. The molecule has 0 aliphatic carbocycles. The van der Waals surface area contributed by atoms with Crippen molar-refractivity contribution < 1.29 is 19.0 Å². The fraction of sp³-hybridized carbons (Fsp3) is 0.400. The Morgan fingerprint density at radius 1 is 1.50 bits per heavy atom. The molecule has 108 valence electrons. The molecule has 0 saturated heterocycles. The summed E-state index contributed by atoms with van der Waals surface area (Å²) in [4.78, 5) is 12.0. The predicted molar refractivity (Wildman–Crippen MR) is 73.8 cm³/mol. The van der Waals surface area contributed by atoms with Crippen LogP contribution in [0.4, 0.5) is 4.39 Å². The monoisotopic (exact) mass is 279 g/mol. The van der Waals surface area contributed by atoms with Gasteiger partial charge in [0.25, 0.3) is 5.91 Å². The first-order valence-electron chi connectivity index (χ1n) is 6.44. The largest absolute Gasteiger partial charge is 0.395 e. The molecule has 0 fully saturated rings. The smallest absolute Gasteiger partial charge is 0.252 e. The molecule has 0 spiro atoms. The molecule has 0 atom stereocenters. The summed E-state index contributed by atoms with van der Waals surface area (Å²) in [7, 11) is 0. The van der Waals surface area contributed by atoms with Crippen molar-refractivity contribution in [3.8, 4) is 11.8 Å². The van der Waals surface area contributed by atoms with E-state index in [1.165, 1.54) is 12.1 Å². The number of rotatable bonds is 6. The van der Waals surface area contributed by atoms with Crippen molar-refractivity contribution in [2.45, 2.75) is 13.3 Å². The van der Waals surface area contributed by atoms with Crippen LogP contribution in [-0.4, -0.2) is 37.4 Å². The van der Waals surface area contributed by atoms with Gasteiger partial charge in [-0.2, -0.15) is 0 Å². The first-order chi connectivity index (χ1) is 9.69. The lowest BCUT2D eigenvalue weighted by Gasteiger charge is -2.07. The molecule has 20 heavy (non-hydrogen) atoms. The molecule has 1 aromatic rings. The number of aliphatic hydroxyl groups excluding tert-OH is 1. The molecule has 5 heteroatoms. The second kappa shape index (κ2) is 9.08. The maximum atomic E-state index is 13.2. The Bertz CT molecular complexity index is 506. The third-order valence-electron chi connectivity index (χ3n) is 2.42. The Balaban J connectivity index is 2.78. The van der Waals surface area contributed by atoms with Gasteiger partial charge in [0.15, 0.2) is 0 Å². The first-order valence-corrected chi connectivity index (χ1v) is 6.44. The van der Waals surface area contributed by atoms with Crippen LogP contribution in [0.3, 0.4) is 0 Å². The Hall–Kier alpha value is -1.90. The number of hydrogen-bond donors (Lipinski definition) is 2. The Labute approximate surface area is 117 Å². The van der Waals surface area contributed by atoms with Crippen LogP contribution in [0.1, 0.15) is 29.3 Å². The third kappa shape index (κ3) is 5.39. The maximum absolute atomic E-state index is 13.2. The first kappa shape index (κ1) is 16.2. The molecule has 0 aliphatic rings. The molecular formula is C15H18FNO3. The van der Waals surface area contributed by atoms with Crippen LogP contribution >= 0.6 is 0 Å². The number of nitrogens with one attached hydrogen (secondary N) is 1. The number of hydrogen-bond acceptors (Lipinski definition) is 3. The second-order valence-electron chi connectivity index (χ2n) is 3.92. The lowest BCUT2D eigenvalue weighted by Crippen LogP contribution is -2.28. The van der Waals surface area contributed by atoms with E-state index in [9.17, 15) is 9.18 Å². The minimum Gasteiger partial charge on any atom is -0.395 e. The molecule has 1 rings (SSSR count). The summed E-state index contributed by atoms with van der Waals surface area (Å²) in [6, 6.07) is 3.86. The van der Waals surface area contributed by atoms with Gasteiger partial charge in [0, 0.05) is 25.1 Å². The van der Waals surface area contributed by atoms with E-state index in [-0.39, 0.29) is 12.2 Å². The van der Waals surface area contributed by atoms with E-state index in [4.69, 9.17) is 9.84 Å². The Morgan fingerprint density at radius 3 is 3.00 bits per heavy atom. The van der Waals surface area contributed by atoms with Crippen molar-refractivity contribution in [2.75, 3.05) is 26.4 Å². The van der Waals surface area contributed by atoms with Crippen molar-refractivity contribution in [1.82, 2.24) is 5.32 Å². The van der Waals surface area contributed by atoms with Gasteiger partial charge in [0.1, 0.15) is 5.82 Å². The number of carbonyl (C=O) groups excluding carboxylic acids is 1. The topological polar surface area (TPSA) is 58.6 Å². The lowest BCUT2D eigenvalue weighted by molar-refractivity contribution is 0.0922. The SMILES string of the molecule is CCOCCNC(=O)c1cc(F)ccc1C#CCCO. The van der Waals surface area contributed by atoms with Gasteiger partial charge in [-0.05, 0) is 25.1 Å². The van der Waals surface area contributed by atoms with Gasteiger partial charge < -0.3 is 15.2 Å². The number of amides is 1. The zero-order valence-electron chi connectivity index (χ0n) is 11.4. The molecular weight excluding hydrogens is 261 g/mol. The molecule has 1 amide bonds. The van der Waals surface area contributed by atoms with Crippen LogP contribution in [0, 0.1) is 17.7 Å². The average Bonchev–Trinajstić information content (AvgIpc) is 2.45. The van der Waals surface area contributed by atoms with Crippen molar-refractivity contribution in [2.24, 2.45) is 0 Å².